The van der Waals surface area contributed by atoms with Crippen LogP contribution in [0.3, 0.4) is 0 Å². The number of hydrogen-bond acceptors (Lipinski definition) is 5. The third-order valence-electron chi connectivity index (χ3n) is 4.29. The second-order valence-electron chi connectivity index (χ2n) is 5.79. The number of hydrogen-bond donors (Lipinski definition) is 2. The molecule has 0 bridgehead atoms. The van der Waals surface area contributed by atoms with Gasteiger partial charge >= 0.3 is 0 Å². The van der Waals surface area contributed by atoms with E-state index < -0.39 is 6.04 Å². The Balaban J connectivity index is 1.97. The maximum absolute atomic E-state index is 12.5. The van der Waals surface area contributed by atoms with Crippen LogP contribution in [0.5, 0.6) is 5.75 Å². The van der Waals surface area contributed by atoms with Gasteiger partial charge in [-0.15, -0.1) is 0 Å². The molecular formula is C16H16N4O2. The molecule has 4 rings (SSSR count). The molecule has 112 valence electrons. The van der Waals surface area contributed by atoms with Gasteiger partial charge in [-0.05, 0) is 31.9 Å². The number of aromatic hydroxyl groups is 1. The van der Waals surface area contributed by atoms with E-state index in [-0.39, 0.29) is 11.5 Å². The van der Waals surface area contributed by atoms with Gasteiger partial charge in [0.25, 0.3) is 0 Å². The van der Waals surface area contributed by atoms with Crippen LogP contribution in [0.25, 0.3) is 0 Å². The Morgan fingerprint density at radius 3 is 3.09 bits per heavy atom. The number of aryl methyl sites for hydroxylation is 1. The molecule has 0 amide bonds. The first-order valence-corrected chi connectivity index (χ1v) is 7.37. The second kappa shape index (κ2) is 4.69. The second-order valence-corrected chi connectivity index (χ2v) is 5.79. The summed E-state index contributed by atoms with van der Waals surface area (Å²) < 4.78 is 1.68. The highest BCUT2D eigenvalue weighted by Gasteiger charge is 2.37. The molecule has 6 nitrogen and oxygen atoms in total. The van der Waals surface area contributed by atoms with E-state index in [1.807, 2.05) is 19.1 Å². The van der Waals surface area contributed by atoms with Crippen molar-refractivity contribution in [3.63, 3.8) is 0 Å². The monoisotopic (exact) mass is 296 g/mol. The Bertz CT molecular complexity index is 806. The molecule has 1 unspecified atom stereocenters. The first-order valence-electron chi connectivity index (χ1n) is 7.37. The Hall–Kier alpha value is -2.63. The molecule has 6 heteroatoms. The van der Waals surface area contributed by atoms with E-state index in [4.69, 9.17) is 0 Å². The summed E-state index contributed by atoms with van der Waals surface area (Å²) in [5, 5.41) is 17.8. The zero-order chi connectivity index (χ0) is 15.3. The fourth-order valence-electron chi connectivity index (χ4n) is 3.28. The first-order chi connectivity index (χ1) is 10.6. The molecule has 1 aromatic carbocycles. The van der Waals surface area contributed by atoms with E-state index >= 15 is 0 Å². The molecule has 0 radical (unpaired) electrons. The number of phenols is 1. The highest BCUT2D eigenvalue weighted by Crippen LogP contribution is 2.42. The predicted octanol–water partition coefficient (Wildman–Crippen LogP) is 2.31. The predicted molar refractivity (Wildman–Crippen MR) is 80.5 cm³/mol. The van der Waals surface area contributed by atoms with Crippen molar-refractivity contribution in [1.82, 2.24) is 14.8 Å². The van der Waals surface area contributed by atoms with Gasteiger partial charge in [-0.3, -0.25) is 4.79 Å². The molecule has 1 aliphatic carbocycles. The average Bonchev–Trinajstić information content (AvgIpc) is 2.96. The number of fused-ring (bicyclic) bond motifs is 1. The van der Waals surface area contributed by atoms with E-state index in [1.165, 1.54) is 6.33 Å². The molecule has 2 heterocycles. The van der Waals surface area contributed by atoms with Gasteiger partial charge in [0.15, 0.2) is 5.78 Å². The average molecular weight is 296 g/mol. The minimum Gasteiger partial charge on any atom is -0.508 e. The molecule has 2 N–H and O–H groups in total. The maximum Gasteiger partial charge on any atom is 0.226 e. The van der Waals surface area contributed by atoms with Crippen LogP contribution in [0.4, 0.5) is 5.95 Å². The van der Waals surface area contributed by atoms with Crippen molar-refractivity contribution in [3.05, 3.63) is 46.9 Å². The van der Waals surface area contributed by atoms with Crippen LogP contribution in [0, 0.1) is 6.92 Å². The number of anilines is 1. The van der Waals surface area contributed by atoms with E-state index in [1.54, 1.807) is 10.7 Å². The van der Waals surface area contributed by atoms with Crippen molar-refractivity contribution < 1.29 is 9.90 Å². The van der Waals surface area contributed by atoms with Crippen LogP contribution >= 0.6 is 0 Å². The molecule has 1 aliphatic heterocycles. The number of phenolic OH excluding ortho intramolecular Hbond substituents is 1. The summed E-state index contributed by atoms with van der Waals surface area (Å²) in [6.45, 7) is 1.96. The fourth-order valence-corrected chi connectivity index (χ4v) is 3.28. The smallest absolute Gasteiger partial charge is 0.226 e. The summed E-state index contributed by atoms with van der Waals surface area (Å²) in [6, 6.07) is 5.00. The van der Waals surface area contributed by atoms with Crippen molar-refractivity contribution in [2.24, 2.45) is 0 Å². The zero-order valence-corrected chi connectivity index (χ0v) is 12.2. The molecule has 0 saturated heterocycles. The van der Waals surface area contributed by atoms with E-state index in [0.717, 1.165) is 24.1 Å². The number of carbonyl (C=O) groups is 1. The molecule has 0 spiro atoms. The number of ketones is 1. The highest BCUT2D eigenvalue weighted by molar-refractivity contribution is 5.99. The Kier molecular flexibility index (Phi) is 2.79. The number of benzene rings is 1. The van der Waals surface area contributed by atoms with Crippen LogP contribution in [0.2, 0.25) is 0 Å². The Morgan fingerprint density at radius 2 is 2.23 bits per heavy atom. The van der Waals surface area contributed by atoms with Gasteiger partial charge in [-0.2, -0.15) is 10.1 Å². The van der Waals surface area contributed by atoms with Gasteiger partial charge in [0.1, 0.15) is 18.1 Å². The van der Waals surface area contributed by atoms with E-state index in [0.29, 0.717) is 23.5 Å². The standard InChI is InChI=1S/C16H16N4O2/c1-9-5-6-12(21)10(7-9)15-14-11(3-2-4-13(14)22)19-16-17-8-18-20(15)16/h5-8,15,21H,2-4H2,1H3,(H,17,18,19). The van der Waals surface area contributed by atoms with Gasteiger partial charge in [0.2, 0.25) is 5.95 Å². The number of nitrogens with zero attached hydrogens (tertiary/aromatic N) is 3. The lowest BCUT2D eigenvalue weighted by molar-refractivity contribution is -0.116. The van der Waals surface area contributed by atoms with Gasteiger partial charge in [-0.25, -0.2) is 4.68 Å². The lowest BCUT2D eigenvalue weighted by Gasteiger charge is -2.32. The summed E-state index contributed by atoms with van der Waals surface area (Å²) in [6.07, 6.45) is 3.65. The van der Waals surface area contributed by atoms with Crippen LogP contribution in [-0.2, 0) is 4.79 Å². The number of aromatic nitrogens is 3. The van der Waals surface area contributed by atoms with Gasteiger partial charge in [0.05, 0.1) is 0 Å². The summed E-state index contributed by atoms with van der Waals surface area (Å²) in [7, 11) is 0. The number of rotatable bonds is 1. The Labute approximate surface area is 127 Å². The minimum atomic E-state index is -0.415. The van der Waals surface area contributed by atoms with Gasteiger partial charge in [-0.1, -0.05) is 11.6 Å². The SMILES string of the molecule is Cc1ccc(O)c(C2C3=C(CCCC3=O)Nc3ncnn32)c1. The molecule has 0 fully saturated rings. The normalized spacial score (nSPS) is 20.4. The maximum atomic E-state index is 12.5. The van der Waals surface area contributed by atoms with Crippen molar-refractivity contribution in [2.45, 2.75) is 32.2 Å². The third-order valence-corrected chi connectivity index (χ3v) is 4.29. The highest BCUT2D eigenvalue weighted by atomic mass is 16.3. The minimum absolute atomic E-state index is 0.112. The van der Waals surface area contributed by atoms with Crippen LogP contribution in [0.15, 0.2) is 35.8 Å². The van der Waals surface area contributed by atoms with Crippen molar-refractivity contribution >= 4 is 11.7 Å². The Morgan fingerprint density at radius 1 is 1.36 bits per heavy atom. The lowest BCUT2D eigenvalue weighted by atomic mass is 9.85. The summed E-state index contributed by atoms with van der Waals surface area (Å²) in [4.78, 5) is 16.7. The van der Waals surface area contributed by atoms with Crippen LogP contribution in [-0.4, -0.2) is 25.7 Å². The number of nitrogens with one attached hydrogen (secondary N) is 1. The summed E-state index contributed by atoms with van der Waals surface area (Å²) in [5.74, 6) is 0.893. The van der Waals surface area contributed by atoms with Gasteiger partial charge in [0, 0.05) is 23.3 Å². The largest absolute Gasteiger partial charge is 0.508 e. The molecule has 22 heavy (non-hydrogen) atoms. The number of allylic oxidation sites excluding steroid dienone is 2. The fraction of sp³-hybridized carbons (Fsp3) is 0.312. The van der Waals surface area contributed by atoms with E-state index in [9.17, 15) is 9.90 Å². The topological polar surface area (TPSA) is 80.0 Å². The number of Topliss-reactive ketones (excluding diaryl/α,β-unsaturated/α-hetero) is 1. The van der Waals surface area contributed by atoms with Crippen molar-refractivity contribution in [1.29, 1.82) is 0 Å². The lowest BCUT2D eigenvalue weighted by Crippen LogP contribution is -2.31. The quantitative estimate of drug-likeness (QED) is 0.844. The summed E-state index contributed by atoms with van der Waals surface area (Å²) >= 11 is 0. The van der Waals surface area contributed by atoms with E-state index in [2.05, 4.69) is 15.4 Å². The molecule has 1 aromatic heterocycles. The summed E-state index contributed by atoms with van der Waals surface area (Å²) in [5.41, 5.74) is 3.32. The molecule has 0 saturated carbocycles. The number of carbonyl (C=O) groups excluding carboxylic acids is 1. The third kappa shape index (κ3) is 1.83. The van der Waals surface area contributed by atoms with Crippen molar-refractivity contribution in [3.8, 4) is 5.75 Å². The molecule has 2 aromatic rings. The van der Waals surface area contributed by atoms with Gasteiger partial charge < -0.3 is 10.4 Å². The van der Waals surface area contributed by atoms with Crippen LogP contribution in [0.1, 0.15) is 36.4 Å². The molecule has 1 atom stereocenters. The molecule has 2 aliphatic rings. The van der Waals surface area contributed by atoms with Crippen molar-refractivity contribution in [2.75, 3.05) is 5.32 Å². The molecular weight excluding hydrogens is 280 g/mol. The zero-order valence-electron chi connectivity index (χ0n) is 12.2. The first kappa shape index (κ1) is 13.1. The van der Waals surface area contributed by atoms with Crippen LogP contribution < -0.4 is 5.32 Å².